The Morgan fingerprint density at radius 1 is 0.488 bits per heavy atom. The van der Waals surface area contributed by atoms with Gasteiger partial charge in [-0.15, -0.1) is 0 Å². The highest BCUT2D eigenvalue weighted by atomic mass is 16.5. The molecule has 0 saturated heterocycles. The fourth-order valence-corrected chi connectivity index (χ4v) is 5.57. The van der Waals surface area contributed by atoms with Crippen LogP contribution in [-0.2, 0) is 19.1 Å². The topological polar surface area (TPSA) is 52.6 Å². The molecule has 0 N–H and O–H groups in total. The molecule has 0 saturated carbocycles. The zero-order valence-corrected chi connectivity index (χ0v) is 28.1. The average molecular weight is 579 g/mol. The summed E-state index contributed by atoms with van der Waals surface area (Å²) in [4.78, 5) is 25.3. The molecule has 0 amide bonds. The zero-order valence-electron chi connectivity index (χ0n) is 28.1. The number of hydrogen-bond acceptors (Lipinski definition) is 4. The van der Waals surface area contributed by atoms with Crippen LogP contribution in [0, 0.1) is 11.8 Å². The molecule has 0 aliphatic carbocycles. The lowest BCUT2D eigenvalue weighted by Crippen LogP contribution is -2.19. The second-order valence-electron chi connectivity index (χ2n) is 12.6. The molecular weight excluding hydrogens is 508 g/mol. The smallest absolute Gasteiger partial charge is 0.333 e. The molecule has 0 fully saturated rings. The summed E-state index contributed by atoms with van der Waals surface area (Å²) in [6.07, 6.45) is 29.6. The van der Waals surface area contributed by atoms with Gasteiger partial charge in [0.1, 0.15) is 0 Å². The molecule has 0 aromatic heterocycles. The van der Waals surface area contributed by atoms with Gasteiger partial charge in [-0.1, -0.05) is 163 Å². The van der Waals surface area contributed by atoms with E-state index in [2.05, 4.69) is 34.3 Å². The summed E-state index contributed by atoms with van der Waals surface area (Å²) in [7, 11) is 0. The molecule has 0 aromatic rings. The molecule has 0 aliphatic heterocycles. The van der Waals surface area contributed by atoms with Gasteiger partial charge in [-0.25, -0.2) is 4.79 Å². The maximum atomic E-state index is 12.7. The van der Waals surface area contributed by atoms with Gasteiger partial charge >= 0.3 is 11.9 Å². The summed E-state index contributed by atoms with van der Waals surface area (Å²) in [5.74, 6) is 0.0260. The zero-order chi connectivity index (χ0) is 30.4. The molecular formula is C37H70O4. The molecule has 4 nitrogen and oxygen atoms in total. The van der Waals surface area contributed by atoms with E-state index in [4.69, 9.17) is 9.47 Å². The molecule has 242 valence electrons. The summed E-state index contributed by atoms with van der Waals surface area (Å²) in [5, 5.41) is 0. The van der Waals surface area contributed by atoms with Crippen LogP contribution >= 0.6 is 0 Å². The van der Waals surface area contributed by atoms with E-state index in [1.807, 2.05) is 0 Å². The lowest BCUT2D eigenvalue weighted by atomic mass is 9.95. The third-order valence-electron chi connectivity index (χ3n) is 8.44. The molecule has 0 radical (unpaired) electrons. The number of carbonyl (C=O) groups is 2. The molecule has 0 aromatic carbocycles. The third kappa shape index (κ3) is 26.1. The average Bonchev–Trinajstić information content (AvgIpc) is 2.97. The number of esters is 2. The first-order valence-electron chi connectivity index (χ1n) is 18.0. The van der Waals surface area contributed by atoms with E-state index in [-0.39, 0.29) is 18.0 Å². The van der Waals surface area contributed by atoms with Crippen LogP contribution in [0.25, 0.3) is 0 Å². The van der Waals surface area contributed by atoms with Gasteiger partial charge in [0.2, 0.25) is 0 Å². The lowest BCUT2D eigenvalue weighted by molar-refractivity contribution is -0.147. The van der Waals surface area contributed by atoms with Crippen LogP contribution in [0.3, 0.4) is 0 Å². The standard InChI is InChI=1S/C37H70O4/c1-6-10-14-18-20-24-28-34(26-22-16-12-8-3)31-40-36(38)30-33(5)37(39)41-32-35(27-23-17-13-9-4)29-25-21-19-15-11-7-2/h34-35H,5-32H2,1-4H3. The number of unbranched alkanes of at least 4 members (excludes halogenated alkanes) is 16. The van der Waals surface area contributed by atoms with Crippen molar-refractivity contribution in [3.8, 4) is 0 Å². The van der Waals surface area contributed by atoms with Gasteiger partial charge in [0.05, 0.1) is 19.6 Å². The summed E-state index contributed by atoms with van der Waals surface area (Å²) in [6, 6.07) is 0. The van der Waals surface area contributed by atoms with E-state index in [0.717, 1.165) is 25.7 Å². The van der Waals surface area contributed by atoms with Gasteiger partial charge in [0.15, 0.2) is 0 Å². The Kier molecular flexibility index (Phi) is 29.2. The van der Waals surface area contributed by atoms with Crippen molar-refractivity contribution < 1.29 is 19.1 Å². The van der Waals surface area contributed by atoms with Crippen molar-refractivity contribution in [2.45, 2.75) is 188 Å². The van der Waals surface area contributed by atoms with E-state index in [0.29, 0.717) is 25.0 Å². The molecule has 2 unspecified atom stereocenters. The molecule has 0 heterocycles. The van der Waals surface area contributed by atoms with E-state index < -0.39 is 5.97 Å². The molecule has 0 bridgehead atoms. The van der Waals surface area contributed by atoms with E-state index in [9.17, 15) is 9.59 Å². The molecule has 2 atom stereocenters. The first-order valence-corrected chi connectivity index (χ1v) is 18.0. The number of hydrogen-bond donors (Lipinski definition) is 0. The highest BCUT2D eigenvalue weighted by Gasteiger charge is 2.18. The van der Waals surface area contributed by atoms with Gasteiger partial charge in [0, 0.05) is 5.57 Å². The quantitative estimate of drug-likeness (QED) is 0.0466. The predicted molar refractivity (Wildman–Crippen MR) is 176 cm³/mol. The Balaban J connectivity index is 4.53. The van der Waals surface area contributed by atoms with E-state index in [1.54, 1.807) is 0 Å². The first-order chi connectivity index (χ1) is 20.0. The minimum absolute atomic E-state index is 0.0724. The number of carbonyl (C=O) groups excluding carboxylic acids is 2. The van der Waals surface area contributed by atoms with Crippen LogP contribution in [0.2, 0.25) is 0 Å². The maximum absolute atomic E-state index is 12.7. The van der Waals surface area contributed by atoms with Crippen LogP contribution in [-0.4, -0.2) is 25.2 Å². The van der Waals surface area contributed by atoms with E-state index >= 15 is 0 Å². The summed E-state index contributed by atoms with van der Waals surface area (Å²) < 4.78 is 11.3. The molecule has 0 rings (SSSR count). The van der Waals surface area contributed by atoms with Gasteiger partial charge < -0.3 is 9.47 Å². The Labute approximate surface area is 256 Å². The number of ether oxygens (including phenoxy) is 2. The molecule has 0 aliphatic rings. The minimum atomic E-state index is -0.438. The monoisotopic (exact) mass is 579 g/mol. The predicted octanol–water partition coefficient (Wildman–Crippen LogP) is 11.7. The second kappa shape index (κ2) is 30.1. The molecule has 4 heteroatoms. The minimum Gasteiger partial charge on any atom is -0.465 e. The largest absolute Gasteiger partial charge is 0.465 e. The molecule has 0 spiro atoms. The van der Waals surface area contributed by atoms with Gasteiger partial charge in [-0.2, -0.15) is 0 Å². The normalized spacial score (nSPS) is 12.7. The van der Waals surface area contributed by atoms with Crippen molar-refractivity contribution in [1.29, 1.82) is 0 Å². The van der Waals surface area contributed by atoms with Gasteiger partial charge in [-0.3, -0.25) is 4.79 Å². The van der Waals surface area contributed by atoms with E-state index in [1.165, 1.54) is 128 Å². The van der Waals surface area contributed by atoms with Gasteiger partial charge in [-0.05, 0) is 37.5 Å². The molecule has 41 heavy (non-hydrogen) atoms. The highest BCUT2D eigenvalue weighted by molar-refractivity contribution is 5.93. The van der Waals surface area contributed by atoms with Crippen LogP contribution in [0.15, 0.2) is 12.2 Å². The SMILES string of the molecule is C=C(CC(=O)OCC(CCCCCC)CCCCCCCC)C(=O)OCC(CCCCCC)CCCCCCCC. The van der Waals surface area contributed by atoms with Crippen molar-refractivity contribution in [1.82, 2.24) is 0 Å². The maximum Gasteiger partial charge on any atom is 0.333 e. The fraction of sp³-hybridized carbons (Fsp3) is 0.892. The first kappa shape index (κ1) is 39.7. The van der Waals surface area contributed by atoms with Crippen molar-refractivity contribution in [3.05, 3.63) is 12.2 Å². The summed E-state index contributed by atoms with van der Waals surface area (Å²) >= 11 is 0. The van der Waals surface area contributed by atoms with Crippen molar-refractivity contribution in [2.24, 2.45) is 11.8 Å². The number of rotatable bonds is 31. The Bertz CT molecular complexity index is 614. The summed E-state index contributed by atoms with van der Waals surface area (Å²) in [5.41, 5.74) is 0.217. The van der Waals surface area contributed by atoms with Crippen LogP contribution in [0.4, 0.5) is 0 Å². The van der Waals surface area contributed by atoms with Crippen molar-refractivity contribution >= 4 is 11.9 Å². The fourth-order valence-electron chi connectivity index (χ4n) is 5.57. The van der Waals surface area contributed by atoms with Crippen LogP contribution in [0.1, 0.15) is 188 Å². The Morgan fingerprint density at radius 3 is 1.20 bits per heavy atom. The van der Waals surface area contributed by atoms with Crippen LogP contribution in [0.5, 0.6) is 0 Å². The Hall–Kier alpha value is -1.32. The van der Waals surface area contributed by atoms with Crippen LogP contribution < -0.4 is 0 Å². The van der Waals surface area contributed by atoms with Gasteiger partial charge in [0.25, 0.3) is 0 Å². The second-order valence-corrected chi connectivity index (χ2v) is 12.6. The van der Waals surface area contributed by atoms with Crippen molar-refractivity contribution in [3.63, 3.8) is 0 Å². The Morgan fingerprint density at radius 2 is 0.805 bits per heavy atom. The lowest BCUT2D eigenvalue weighted by Gasteiger charge is -2.18. The highest BCUT2D eigenvalue weighted by Crippen LogP contribution is 2.22. The van der Waals surface area contributed by atoms with Crippen molar-refractivity contribution in [2.75, 3.05) is 13.2 Å². The summed E-state index contributed by atoms with van der Waals surface area (Å²) in [6.45, 7) is 13.7. The third-order valence-corrected chi connectivity index (χ3v) is 8.44.